The van der Waals surface area contributed by atoms with E-state index in [4.69, 9.17) is 0 Å². The van der Waals surface area contributed by atoms with Gasteiger partial charge >= 0.3 is 6.03 Å². The maximum Gasteiger partial charge on any atom is 0.326 e. The van der Waals surface area contributed by atoms with Crippen molar-refractivity contribution >= 4 is 23.3 Å². The highest BCUT2D eigenvalue weighted by Crippen LogP contribution is 2.22. The molecular formula is C16H15N3O5. The molecule has 0 fully saturated rings. The van der Waals surface area contributed by atoms with Gasteiger partial charge < -0.3 is 10.4 Å². The molecule has 0 saturated heterocycles. The first-order valence-corrected chi connectivity index (χ1v) is 7.10. The van der Waals surface area contributed by atoms with Crippen LogP contribution < -0.4 is 10.6 Å². The maximum absolute atomic E-state index is 12.0. The third kappa shape index (κ3) is 3.86. The van der Waals surface area contributed by atoms with E-state index in [1.54, 1.807) is 6.07 Å². The number of anilines is 1. The second-order valence-electron chi connectivity index (χ2n) is 4.88. The average molecular weight is 329 g/mol. The normalized spacial score (nSPS) is 10.0. The number of imide groups is 1. The van der Waals surface area contributed by atoms with Crippen LogP contribution in [0.3, 0.4) is 0 Å². The lowest BCUT2D eigenvalue weighted by Crippen LogP contribution is -2.34. The van der Waals surface area contributed by atoms with Crippen molar-refractivity contribution in [1.82, 2.24) is 5.32 Å². The zero-order valence-corrected chi connectivity index (χ0v) is 12.8. The SMILES string of the molecule is CCc1cc(NC(=O)NC(=O)c2ccccc2[N+](=O)[O-])ccc1O. The third-order valence-electron chi connectivity index (χ3n) is 3.29. The van der Waals surface area contributed by atoms with Crippen LogP contribution in [0.4, 0.5) is 16.2 Å². The predicted octanol–water partition coefficient (Wildman–Crippen LogP) is 2.82. The molecule has 3 N–H and O–H groups in total. The number of nitrogens with zero attached hydrogens (tertiary/aromatic N) is 1. The summed E-state index contributed by atoms with van der Waals surface area (Å²) in [7, 11) is 0. The number of carbonyl (C=O) groups excluding carboxylic acids is 2. The second kappa shape index (κ2) is 7.23. The number of carbonyl (C=O) groups is 2. The number of hydrogen-bond acceptors (Lipinski definition) is 5. The Morgan fingerprint density at radius 3 is 2.58 bits per heavy atom. The van der Waals surface area contributed by atoms with Crippen LogP contribution in [0.1, 0.15) is 22.8 Å². The van der Waals surface area contributed by atoms with Gasteiger partial charge in [-0.05, 0) is 36.2 Å². The number of aryl methyl sites for hydroxylation is 1. The highest BCUT2D eigenvalue weighted by molar-refractivity contribution is 6.09. The summed E-state index contributed by atoms with van der Waals surface area (Å²) in [6.07, 6.45) is 0.568. The zero-order valence-electron chi connectivity index (χ0n) is 12.8. The van der Waals surface area contributed by atoms with Crippen molar-refractivity contribution in [3.05, 3.63) is 63.7 Å². The molecule has 0 aliphatic rings. The van der Waals surface area contributed by atoms with E-state index in [1.165, 1.54) is 36.4 Å². The molecular weight excluding hydrogens is 314 g/mol. The molecule has 2 aromatic carbocycles. The highest BCUT2D eigenvalue weighted by Gasteiger charge is 2.20. The fourth-order valence-electron chi connectivity index (χ4n) is 2.10. The van der Waals surface area contributed by atoms with Gasteiger partial charge in [0.05, 0.1) is 4.92 Å². The monoisotopic (exact) mass is 329 g/mol. The van der Waals surface area contributed by atoms with Crippen LogP contribution >= 0.6 is 0 Å². The Bertz CT molecular complexity index is 804. The summed E-state index contributed by atoms with van der Waals surface area (Å²) in [4.78, 5) is 34.1. The summed E-state index contributed by atoms with van der Waals surface area (Å²) in [6.45, 7) is 1.84. The van der Waals surface area contributed by atoms with E-state index in [-0.39, 0.29) is 17.0 Å². The summed E-state index contributed by atoms with van der Waals surface area (Å²) in [5, 5.41) is 25.0. The molecule has 8 nitrogen and oxygen atoms in total. The summed E-state index contributed by atoms with van der Waals surface area (Å²) >= 11 is 0. The number of nitro groups is 1. The molecule has 124 valence electrons. The van der Waals surface area contributed by atoms with Crippen molar-refractivity contribution in [2.24, 2.45) is 0 Å². The third-order valence-corrected chi connectivity index (χ3v) is 3.29. The molecule has 8 heteroatoms. The van der Waals surface area contributed by atoms with Gasteiger partial charge in [-0.15, -0.1) is 0 Å². The lowest BCUT2D eigenvalue weighted by Gasteiger charge is -2.09. The number of nitro benzene ring substituents is 1. The molecule has 3 amide bonds. The first kappa shape index (κ1) is 16.9. The van der Waals surface area contributed by atoms with E-state index in [2.05, 4.69) is 5.32 Å². The average Bonchev–Trinajstić information content (AvgIpc) is 2.56. The number of para-hydroxylation sites is 1. The van der Waals surface area contributed by atoms with Crippen molar-refractivity contribution in [3.63, 3.8) is 0 Å². The number of hydrogen-bond donors (Lipinski definition) is 3. The van der Waals surface area contributed by atoms with E-state index < -0.39 is 16.9 Å². The maximum atomic E-state index is 12.0. The molecule has 24 heavy (non-hydrogen) atoms. The van der Waals surface area contributed by atoms with Gasteiger partial charge in [-0.1, -0.05) is 19.1 Å². The van der Waals surface area contributed by atoms with E-state index in [1.807, 2.05) is 12.2 Å². The van der Waals surface area contributed by atoms with Gasteiger partial charge in [0, 0.05) is 11.8 Å². The zero-order chi connectivity index (χ0) is 17.7. The summed E-state index contributed by atoms with van der Waals surface area (Å²) in [6, 6.07) is 8.99. The molecule has 0 spiro atoms. The van der Waals surface area contributed by atoms with Crippen LogP contribution in [0, 0.1) is 10.1 Å². The number of benzene rings is 2. The molecule has 0 aliphatic heterocycles. The number of phenolic OH excluding ortho intramolecular Hbond substituents is 1. The van der Waals surface area contributed by atoms with Crippen LogP contribution in [0.5, 0.6) is 5.75 Å². The fourth-order valence-corrected chi connectivity index (χ4v) is 2.10. The number of phenols is 1. The Kier molecular flexibility index (Phi) is 5.10. The van der Waals surface area contributed by atoms with Crippen LogP contribution in [0.2, 0.25) is 0 Å². The highest BCUT2D eigenvalue weighted by atomic mass is 16.6. The molecule has 2 aromatic rings. The van der Waals surface area contributed by atoms with Gasteiger partial charge in [0.25, 0.3) is 11.6 Å². The van der Waals surface area contributed by atoms with E-state index in [0.29, 0.717) is 17.7 Å². The largest absolute Gasteiger partial charge is 0.508 e. The van der Waals surface area contributed by atoms with Gasteiger partial charge in [-0.3, -0.25) is 20.2 Å². The van der Waals surface area contributed by atoms with Crippen molar-refractivity contribution in [2.75, 3.05) is 5.32 Å². The lowest BCUT2D eigenvalue weighted by molar-refractivity contribution is -0.385. The molecule has 0 heterocycles. The number of aromatic hydroxyl groups is 1. The quantitative estimate of drug-likeness (QED) is 0.452. The van der Waals surface area contributed by atoms with Crippen molar-refractivity contribution in [2.45, 2.75) is 13.3 Å². The van der Waals surface area contributed by atoms with Crippen LogP contribution in [0.25, 0.3) is 0 Å². The fraction of sp³-hybridized carbons (Fsp3) is 0.125. The first-order chi connectivity index (χ1) is 11.4. The topological polar surface area (TPSA) is 122 Å². The molecule has 0 radical (unpaired) electrons. The van der Waals surface area contributed by atoms with E-state index in [9.17, 15) is 24.8 Å². The van der Waals surface area contributed by atoms with Gasteiger partial charge in [0.15, 0.2) is 0 Å². The molecule has 0 aliphatic carbocycles. The van der Waals surface area contributed by atoms with Crippen LogP contribution in [0.15, 0.2) is 42.5 Å². The standard InChI is InChI=1S/C16H15N3O5/c1-2-10-9-11(7-8-14(10)20)17-16(22)18-15(21)12-5-3-4-6-13(12)19(23)24/h3-9,20H,2H2,1H3,(H2,17,18,21,22). The van der Waals surface area contributed by atoms with Gasteiger partial charge in [-0.25, -0.2) is 4.79 Å². The molecule has 0 bridgehead atoms. The number of amides is 3. The molecule has 0 saturated carbocycles. The smallest absolute Gasteiger partial charge is 0.326 e. The number of rotatable bonds is 4. The second-order valence-corrected chi connectivity index (χ2v) is 4.88. The van der Waals surface area contributed by atoms with Crippen molar-refractivity contribution < 1.29 is 19.6 Å². The minimum absolute atomic E-state index is 0.111. The minimum atomic E-state index is -0.880. The van der Waals surface area contributed by atoms with Gasteiger partial charge in [-0.2, -0.15) is 0 Å². The number of nitrogens with one attached hydrogen (secondary N) is 2. The number of urea groups is 1. The molecule has 0 atom stereocenters. The van der Waals surface area contributed by atoms with Crippen LogP contribution in [-0.4, -0.2) is 22.0 Å². The Balaban J connectivity index is 2.10. The summed E-state index contributed by atoms with van der Waals surface area (Å²) in [5.41, 5.74) is 0.425. The molecule has 2 rings (SSSR count). The Hall–Kier alpha value is -3.42. The van der Waals surface area contributed by atoms with Gasteiger partial charge in [0.2, 0.25) is 0 Å². The summed E-state index contributed by atoms with van der Waals surface area (Å²) in [5.74, 6) is -0.770. The molecule has 0 aromatic heterocycles. The van der Waals surface area contributed by atoms with Crippen LogP contribution in [-0.2, 0) is 6.42 Å². The molecule has 0 unspecified atom stereocenters. The van der Waals surface area contributed by atoms with E-state index >= 15 is 0 Å². The predicted molar refractivity (Wildman–Crippen MR) is 87.1 cm³/mol. The Labute approximate surface area is 137 Å². The van der Waals surface area contributed by atoms with Crippen molar-refractivity contribution in [1.29, 1.82) is 0 Å². The lowest BCUT2D eigenvalue weighted by atomic mass is 10.1. The minimum Gasteiger partial charge on any atom is -0.508 e. The summed E-state index contributed by atoms with van der Waals surface area (Å²) < 4.78 is 0. The van der Waals surface area contributed by atoms with E-state index in [0.717, 1.165) is 0 Å². The Morgan fingerprint density at radius 1 is 1.21 bits per heavy atom. The first-order valence-electron chi connectivity index (χ1n) is 7.10. The Morgan fingerprint density at radius 2 is 1.92 bits per heavy atom. The van der Waals surface area contributed by atoms with Crippen molar-refractivity contribution in [3.8, 4) is 5.75 Å². The van der Waals surface area contributed by atoms with Gasteiger partial charge in [0.1, 0.15) is 11.3 Å².